The summed E-state index contributed by atoms with van der Waals surface area (Å²) in [6, 6.07) is 7.12. The van der Waals surface area contributed by atoms with Crippen molar-refractivity contribution in [3.63, 3.8) is 0 Å². The van der Waals surface area contributed by atoms with Crippen molar-refractivity contribution in [2.75, 3.05) is 19.6 Å². The van der Waals surface area contributed by atoms with Crippen LogP contribution in [-0.4, -0.2) is 50.4 Å². The lowest BCUT2D eigenvalue weighted by Crippen LogP contribution is -2.34. The minimum absolute atomic E-state index is 0.0641. The van der Waals surface area contributed by atoms with Crippen LogP contribution in [0.1, 0.15) is 44.1 Å². The van der Waals surface area contributed by atoms with Gasteiger partial charge in [0.05, 0.1) is 5.39 Å². The Labute approximate surface area is 165 Å². The van der Waals surface area contributed by atoms with E-state index in [2.05, 4.69) is 29.0 Å². The van der Waals surface area contributed by atoms with E-state index in [9.17, 15) is 9.59 Å². The minimum Gasteiger partial charge on any atom is -0.348 e. The van der Waals surface area contributed by atoms with E-state index in [0.29, 0.717) is 22.4 Å². The first-order chi connectivity index (χ1) is 13.5. The summed E-state index contributed by atoms with van der Waals surface area (Å²) in [5.74, 6) is -0.177. The van der Waals surface area contributed by atoms with E-state index in [4.69, 9.17) is 0 Å². The predicted molar refractivity (Wildman–Crippen MR) is 112 cm³/mol. The van der Waals surface area contributed by atoms with Gasteiger partial charge in [-0.15, -0.1) is 0 Å². The molecule has 1 atom stereocenters. The Bertz CT molecular complexity index is 1030. The second kappa shape index (κ2) is 8.56. The molecule has 0 aromatic carbocycles. The summed E-state index contributed by atoms with van der Waals surface area (Å²) in [7, 11) is 1.77. The third-order valence-electron chi connectivity index (χ3n) is 5.33. The third kappa shape index (κ3) is 3.94. The minimum atomic E-state index is -0.177. The second-order valence-corrected chi connectivity index (χ2v) is 7.22. The highest BCUT2D eigenvalue weighted by atomic mass is 16.2. The van der Waals surface area contributed by atoms with Crippen LogP contribution in [0.5, 0.6) is 0 Å². The predicted octanol–water partition coefficient (Wildman–Crippen LogP) is 2.43. The van der Waals surface area contributed by atoms with Crippen LogP contribution in [0.4, 0.5) is 0 Å². The number of aromatic nitrogens is 3. The van der Waals surface area contributed by atoms with Gasteiger partial charge in [0.1, 0.15) is 17.0 Å². The summed E-state index contributed by atoms with van der Waals surface area (Å²) >= 11 is 0. The van der Waals surface area contributed by atoms with Crippen LogP contribution < -0.4 is 10.9 Å². The maximum atomic E-state index is 12.8. The van der Waals surface area contributed by atoms with Crippen LogP contribution in [-0.2, 0) is 7.05 Å². The van der Waals surface area contributed by atoms with Gasteiger partial charge >= 0.3 is 0 Å². The maximum absolute atomic E-state index is 12.8. The van der Waals surface area contributed by atoms with E-state index in [-0.39, 0.29) is 17.5 Å². The van der Waals surface area contributed by atoms with Crippen molar-refractivity contribution in [1.29, 1.82) is 0 Å². The number of nitrogens with zero attached hydrogens (tertiary/aromatic N) is 4. The molecule has 0 unspecified atom stereocenters. The van der Waals surface area contributed by atoms with Gasteiger partial charge in [0.25, 0.3) is 11.5 Å². The summed E-state index contributed by atoms with van der Waals surface area (Å²) in [4.78, 5) is 32.4. The third-order valence-corrected chi connectivity index (χ3v) is 5.33. The van der Waals surface area contributed by atoms with Gasteiger partial charge in [-0.2, -0.15) is 0 Å². The van der Waals surface area contributed by atoms with Crippen LogP contribution in [0.25, 0.3) is 16.7 Å². The standard InChI is InChI=1S/C21H29N5O2/c1-5-25(6-2)12-9-10-15(3)22-20(27)17-14-16-19(24(17)4)23-18-11-7-8-13-26(18)21(16)28/h7-8,11,13-15H,5-6,9-10,12H2,1-4H3,(H,22,27)/t15-/m0/s1. The summed E-state index contributed by atoms with van der Waals surface area (Å²) in [6.07, 6.45) is 3.64. The summed E-state index contributed by atoms with van der Waals surface area (Å²) in [5, 5.41) is 3.50. The number of fused-ring (bicyclic) bond motifs is 2. The highest BCUT2D eigenvalue weighted by molar-refractivity contribution is 5.98. The topological polar surface area (TPSA) is 71.6 Å². The van der Waals surface area contributed by atoms with Crippen LogP contribution in [0.3, 0.4) is 0 Å². The first-order valence-corrected chi connectivity index (χ1v) is 9.96. The molecule has 0 aliphatic rings. The fourth-order valence-corrected chi connectivity index (χ4v) is 3.57. The van der Waals surface area contributed by atoms with Gasteiger partial charge in [-0.3, -0.25) is 14.0 Å². The molecule has 0 spiro atoms. The van der Waals surface area contributed by atoms with Crippen molar-refractivity contribution in [3.05, 3.63) is 46.5 Å². The monoisotopic (exact) mass is 383 g/mol. The molecule has 0 fully saturated rings. The van der Waals surface area contributed by atoms with E-state index in [1.165, 1.54) is 4.40 Å². The molecule has 1 N–H and O–H groups in total. The molecule has 3 aromatic heterocycles. The van der Waals surface area contributed by atoms with E-state index in [0.717, 1.165) is 32.5 Å². The SMILES string of the molecule is CCN(CC)CCC[C@H](C)NC(=O)c1cc2c(=O)n3ccccc3nc2n1C. The molecule has 3 aromatic rings. The van der Waals surface area contributed by atoms with Gasteiger partial charge in [-0.1, -0.05) is 19.9 Å². The first-order valence-electron chi connectivity index (χ1n) is 9.96. The molecule has 7 nitrogen and oxygen atoms in total. The van der Waals surface area contributed by atoms with Gasteiger partial charge in [0.15, 0.2) is 0 Å². The number of hydrogen-bond acceptors (Lipinski definition) is 4. The molecule has 0 saturated carbocycles. The Morgan fingerprint density at radius 1 is 1.29 bits per heavy atom. The van der Waals surface area contributed by atoms with Gasteiger partial charge in [-0.25, -0.2) is 4.98 Å². The zero-order valence-electron chi connectivity index (χ0n) is 17.1. The van der Waals surface area contributed by atoms with Crippen molar-refractivity contribution in [2.45, 2.75) is 39.7 Å². The van der Waals surface area contributed by atoms with Gasteiger partial charge in [0.2, 0.25) is 0 Å². The van der Waals surface area contributed by atoms with Gasteiger partial charge < -0.3 is 14.8 Å². The summed E-state index contributed by atoms with van der Waals surface area (Å²) < 4.78 is 3.20. The van der Waals surface area contributed by atoms with Crippen LogP contribution in [0.15, 0.2) is 35.3 Å². The number of amides is 1. The highest BCUT2D eigenvalue weighted by Crippen LogP contribution is 2.15. The number of nitrogens with one attached hydrogen (secondary N) is 1. The zero-order chi connectivity index (χ0) is 20.3. The number of carbonyl (C=O) groups is 1. The lowest BCUT2D eigenvalue weighted by Gasteiger charge is -2.19. The Morgan fingerprint density at radius 2 is 2.04 bits per heavy atom. The Kier molecular flexibility index (Phi) is 6.14. The van der Waals surface area contributed by atoms with Crippen molar-refractivity contribution >= 4 is 22.6 Å². The molecule has 3 rings (SSSR count). The first kappa shape index (κ1) is 20.1. The molecule has 150 valence electrons. The van der Waals surface area contributed by atoms with Gasteiger partial charge in [0, 0.05) is 19.3 Å². The average Bonchev–Trinajstić information content (AvgIpc) is 3.02. The summed E-state index contributed by atoms with van der Waals surface area (Å²) in [5.41, 5.74) is 1.38. The van der Waals surface area contributed by atoms with Crippen molar-refractivity contribution < 1.29 is 4.79 Å². The lowest BCUT2D eigenvalue weighted by molar-refractivity contribution is 0.0929. The van der Waals surface area contributed by atoms with E-state index in [1.807, 2.05) is 13.0 Å². The second-order valence-electron chi connectivity index (χ2n) is 7.22. The number of carbonyl (C=O) groups excluding carboxylic acids is 1. The lowest BCUT2D eigenvalue weighted by atomic mass is 10.1. The molecule has 0 radical (unpaired) electrons. The van der Waals surface area contributed by atoms with Crippen LogP contribution in [0.2, 0.25) is 0 Å². The molecule has 1 amide bonds. The molecule has 0 aliphatic carbocycles. The summed E-state index contributed by atoms with van der Waals surface area (Å²) in [6.45, 7) is 9.47. The number of rotatable bonds is 8. The van der Waals surface area contributed by atoms with Gasteiger partial charge in [-0.05, 0) is 57.6 Å². The molecule has 7 heteroatoms. The van der Waals surface area contributed by atoms with E-state index >= 15 is 0 Å². The van der Waals surface area contributed by atoms with Crippen molar-refractivity contribution in [3.8, 4) is 0 Å². The molecular formula is C21H29N5O2. The smallest absolute Gasteiger partial charge is 0.268 e. The highest BCUT2D eigenvalue weighted by Gasteiger charge is 2.18. The fourth-order valence-electron chi connectivity index (χ4n) is 3.57. The average molecular weight is 383 g/mol. The number of pyridine rings is 1. The molecule has 0 bridgehead atoms. The van der Waals surface area contributed by atoms with Crippen molar-refractivity contribution in [1.82, 2.24) is 24.2 Å². The number of hydrogen-bond donors (Lipinski definition) is 1. The quantitative estimate of drug-likeness (QED) is 0.648. The van der Waals surface area contributed by atoms with Crippen LogP contribution in [0, 0.1) is 0 Å². The molecule has 28 heavy (non-hydrogen) atoms. The Morgan fingerprint density at radius 3 is 2.75 bits per heavy atom. The molecule has 0 aliphatic heterocycles. The molecular weight excluding hydrogens is 354 g/mol. The van der Waals surface area contributed by atoms with Crippen LogP contribution >= 0.6 is 0 Å². The Hall–Kier alpha value is -2.67. The maximum Gasteiger partial charge on any atom is 0.268 e. The van der Waals surface area contributed by atoms with E-state index < -0.39 is 0 Å². The largest absolute Gasteiger partial charge is 0.348 e. The number of aryl methyl sites for hydroxylation is 1. The molecule has 3 heterocycles. The van der Waals surface area contributed by atoms with Crippen molar-refractivity contribution in [2.24, 2.45) is 7.05 Å². The molecule has 0 saturated heterocycles. The van der Waals surface area contributed by atoms with E-state index in [1.54, 1.807) is 36.0 Å². The fraction of sp³-hybridized carbons (Fsp3) is 0.476. The Balaban J connectivity index is 1.77. The normalized spacial score (nSPS) is 12.8. The zero-order valence-corrected chi connectivity index (χ0v) is 17.1.